The fourth-order valence-electron chi connectivity index (χ4n) is 4.67. The van der Waals surface area contributed by atoms with E-state index in [1.54, 1.807) is 6.07 Å². The summed E-state index contributed by atoms with van der Waals surface area (Å²) in [5, 5.41) is 9.77. The van der Waals surface area contributed by atoms with Crippen molar-refractivity contribution < 1.29 is 23.8 Å². The lowest BCUT2D eigenvalue weighted by Gasteiger charge is -2.43. The highest BCUT2D eigenvalue weighted by Crippen LogP contribution is 2.53. The third kappa shape index (κ3) is 5.77. The summed E-state index contributed by atoms with van der Waals surface area (Å²) >= 11 is 9.51. The van der Waals surface area contributed by atoms with Crippen LogP contribution < -0.4 is 4.74 Å². The molecule has 0 unspecified atom stereocenters. The molecule has 3 aromatic carbocycles. The summed E-state index contributed by atoms with van der Waals surface area (Å²) in [5.41, 5.74) is 3.39. The van der Waals surface area contributed by atoms with Crippen molar-refractivity contribution in [2.24, 2.45) is 5.92 Å². The fraction of sp³-hybridized carbons (Fsp3) is 0.250. The smallest absolute Gasteiger partial charge is 0.341 e. The zero-order valence-electron chi connectivity index (χ0n) is 19.1. The van der Waals surface area contributed by atoms with Crippen LogP contribution in [0.4, 0.5) is 4.39 Å². The molecule has 0 aromatic heterocycles. The lowest BCUT2D eigenvalue weighted by Crippen LogP contribution is -2.32. The Bertz CT molecular complexity index is 1220. The number of hydrogen-bond acceptors (Lipinski definition) is 3. The van der Waals surface area contributed by atoms with Crippen molar-refractivity contribution in [1.29, 1.82) is 0 Å². The summed E-state index contributed by atoms with van der Waals surface area (Å²) in [6.07, 6.45) is -0.252. The number of rotatable bonds is 7. The van der Waals surface area contributed by atoms with E-state index in [1.807, 2.05) is 61.5 Å². The van der Waals surface area contributed by atoms with Crippen LogP contribution in [0.15, 0.2) is 83.4 Å². The lowest BCUT2D eigenvalue weighted by molar-refractivity contribution is -0.139. The van der Waals surface area contributed by atoms with Crippen LogP contribution in [0, 0.1) is 11.7 Å². The number of halogens is 3. The quantitative estimate of drug-likeness (QED) is 0.299. The number of hydrogen-bond donors (Lipinski definition) is 1. The van der Waals surface area contributed by atoms with Crippen LogP contribution in [0.1, 0.15) is 48.2 Å². The van der Waals surface area contributed by atoms with E-state index in [0.29, 0.717) is 21.5 Å². The summed E-state index contributed by atoms with van der Waals surface area (Å²) in [6.45, 7) is 5.47. The predicted octanol–water partition coefficient (Wildman–Crippen LogP) is 7.88. The summed E-state index contributed by atoms with van der Waals surface area (Å²) in [6, 6.07) is 20.6. The van der Waals surface area contributed by atoms with Crippen molar-refractivity contribution in [1.82, 2.24) is 0 Å². The third-order valence-electron chi connectivity index (χ3n) is 6.27. The molecule has 1 N–H and O–H groups in total. The van der Waals surface area contributed by atoms with E-state index in [1.165, 1.54) is 6.07 Å². The van der Waals surface area contributed by atoms with Gasteiger partial charge in [-0.05, 0) is 48.7 Å². The Morgan fingerprint density at radius 3 is 2.46 bits per heavy atom. The molecular weight excluding hydrogens is 535 g/mol. The first kappa shape index (κ1) is 25.4. The van der Waals surface area contributed by atoms with Crippen molar-refractivity contribution in [2.75, 3.05) is 6.61 Å². The number of benzene rings is 3. The molecule has 0 aliphatic carbocycles. The van der Waals surface area contributed by atoms with Crippen LogP contribution >= 0.6 is 27.5 Å². The highest BCUT2D eigenvalue weighted by molar-refractivity contribution is 9.10. The Morgan fingerprint density at radius 2 is 1.83 bits per heavy atom. The molecule has 1 aliphatic heterocycles. The molecule has 1 aliphatic rings. The SMILES string of the molecule is C=C(C)[C@H]1C[C@H](c2ccc(Cl)cc2)[C@H](c2ccccc2)O[C@@H]1c1cc(Br)cc(F)c1OCC(=O)O. The molecule has 3 aromatic rings. The van der Waals surface area contributed by atoms with Gasteiger partial charge in [0.1, 0.15) is 0 Å². The Labute approximate surface area is 217 Å². The van der Waals surface area contributed by atoms with Crippen LogP contribution in [0.5, 0.6) is 5.75 Å². The van der Waals surface area contributed by atoms with E-state index in [2.05, 4.69) is 22.5 Å². The molecule has 0 spiro atoms. The summed E-state index contributed by atoms with van der Waals surface area (Å²) in [7, 11) is 0. The van der Waals surface area contributed by atoms with E-state index in [-0.39, 0.29) is 23.7 Å². The first-order valence-electron chi connectivity index (χ1n) is 11.2. The second-order valence-corrected chi connectivity index (χ2v) is 10.1. The minimum Gasteiger partial charge on any atom is -0.479 e. The zero-order chi connectivity index (χ0) is 25.1. The Balaban J connectivity index is 1.82. The second kappa shape index (κ2) is 10.9. The van der Waals surface area contributed by atoms with E-state index >= 15 is 4.39 Å². The lowest BCUT2D eigenvalue weighted by atomic mass is 9.74. The van der Waals surface area contributed by atoms with Gasteiger partial charge >= 0.3 is 5.97 Å². The van der Waals surface area contributed by atoms with Crippen molar-refractivity contribution in [3.63, 3.8) is 0 Å². The number of carboxylic acid groups (broad SMARTS) is 1. The van der Waals surface area contributed by atoms with Gasteiger partial charge in [0, 0.05) is 26.9 Å². The first-order chi connectivity index (χ1) is 16.7. The molecule has 0 amide bonds. The molecule has 0 radical (unpaired) electrons. The third-order valence-corrected chi connectivity index (χ3v) is 6.98. The number of carboxylic acids is 1. The van der Waals surface area contributed by atoms with Gasteiger partial charge in [-0.2, -0.15) is 0 Å². The normalized spacial score (nSPS) is 21.9. The van der Waals surface area contributed by atoms with Crippen LogP contribution in [0.2, 0.25) is 5.02 Å². The van der Waals surface area contributed by atoms with Crippen LogP contribution in [0.25, 0.3) is 0 Å². The van der Waals surface area contributed by atoms with Gasteiger partial charge in [-0.1, -0.05) is 82.1 Å². The van der Waals surface area contributed by atoms with Crippen molar-refractivity contribution in [3.05, 3.63) is 111 Å². The van der Waals surface area contributed by atoms with Crippen LogP contribution in [-0.4, -0.2) is 17.7 Å². The molecule has 7 heteroatoms. The predicted molar refractivity (Wildman–Crippen MR) is 137 cm³/mol. The maximum absolute atomic E-state index is 15.0. The van der Waals surface area contributed by atoms with Gasteiger partial charge in [-0.25, -0.2) is 9.18 Å². The molecule has 1 saturated heterocycles. The summed E-state index contributed by atoms with van der Waals surface area (Å²) in [4.78, 5) is 11.2. The zero-order valence-corrected chi connectivity index (χ0v) is 21.4. The number of aliphatic carboxylic acids is 1. The van der Waals surface area contributed by atoms with E-state index in [9.17, 15) is 4.79 Å². The van der Waals surface area contributed by atoms with Gasteiger partial charge in [0.05, 0.1) is 12.2 Å². The highest BCUT2D eigenvalue weighted by atomic mass is 79.9. The molecule has 1 fully saturated rings. The summed E-state index contributed by atoms with van der Waals surface area (Å²) < 4.78 is 27.7. The number of ether oxygens (including phenoxy) is 2. The maximum atomic E-state index is 15.0. The molecule has 1 heterocycles. The van der Waals surface area contributed by atoms with Crippen molar-refractivity contribution in [3.8, 4) is 5.75 Å². The Kier molecular flexibility index (Phi) is 7.95. The molecular formula is C28H25BrClFO4. The molecule has 0 bridgehead atoms. The Morgan fingerprint density at radius 1 is 1.14 bits per heavy atom. The minimum atomic E-state index is -1.19. The van der Waals surface area contributed by atoms with Gasteiger partial charge in [0.25, 0.3) is 0 Å². The largest absolute Gasteiger partial charge is 0.479 e. The Hall–Kier alpha value is -2.67. The van der Waals surface area contributed by atoms with Crippen LogP contribution in [-0.2, 0) is 9.53 Å². The molecule has 182 valence electrons. The fourth-order valence-corrected chi connectivity index (χ4v) is 5.24. The number of carbonyl (C=O) groups is 1. The molecule has 4 rings (SSSR count). The van der Waals surface area contributed by atoms with Gasteiger partial charge in [0.15, 0.2) is 18.2 Å². The van der Waals surface area contributed by atoms with Gasteiger partial charge < -0.3 is 14.6 Å². The maximum Gasteiger partial charge on any atom is 0.341 e. The van der Waals surface area contributed by atoms with Crippen molar-refractivity contribution >= 4 is 33.5 Å². The van der Waals surface area contributed by atoms with Crippen LogP contribution in [0.3, 0.4) is 0 Å². The topological polar surface area (TPSA) is 55.8 Å². The highest BCUT2D eigenvalue weighted by Gasteiger charge is 2.42. The monoisotopic (exact) mass is 558 g/mol. The van der Waals surface area contributed by atoms with Gasteiger partial charge in [-0.15, -0.1) is 0 Å². The molecule has 4 atom stereocenters. The molecule has 0 saturated carbocycles. The minimum absolute atomic E-state index is 0.00648. The van der Waals surface area contributed by atoms with E-state index in [4.69, 9.17) is 26.2 Å². The van der Waals surface area contributed by atoms with Gasteiger partial charge in [0.2, 0.25) is 0 Å². The van der Waals surface area contributed by atoms with Gasteiger partial charge in [-0.3, -0.25) is 0 Å². The van der Waals surface area contributed by atoms with E-state index < -0.39 is 24.5 Å². The summed E-state index contributed by atoms with van der Waals surface area (Å²) in [5.74, 6) is -2.15. The average Bonchev–Trinajstić information content (AvgIpc) is 2.83. The molecule has 35 heavy (non-hydrogen) atoms. The average molecular weight is 560 g/mol. The second-order valence-electron chi connectivity index (χ2n) is 8.72. The standard InChI is InChI=1S/C28H25BrClFO4/c1-16(2)21-14-22(17-8-10-20(30)11-9-17)26(18-6-4-3-5-7-18)35-27(21)23-12-19(29)13-24(31)28(23)34-15-25(32)33/h3-13,21-22,26-27H,1,14-15H2,2H3,(H,32,33)/t21-,22-,26+,27+/m1/s1. The van der Waals surface area contributed by atoms with E-state index in [0.717, 1.165) is 16.7 Å². The first-order valence-corrected chi connectivity index (χ1v) is 12.4. The molecule has 4 nitrogen and oxygen atoms in total. The van der Waals surface area contributed by atoms with Crippen molar-refractivity contribution in [2.45, 2.75) is 31.5 Å².